The van der Waals surface area contributed by atoms with Crippen molar-refractivity contribution < 1.29 is 9.31 Å². The fourth-order valence-corrected chi connectivity index (χ4v) is 5.67. The highest BCUT2D eigenvalue weighted by molar-refractivity contribution is 7.26. The van der Waals surface area contributed by atoms with Crippen LogP contribution in [0.2, 0.25) is 0 Å². The van der Waals surface area contributed by atoms with Crippen LogP contribution in [0, 0.1) is 0 Å². The first-order valence-electron chi connectivity index (χ1n) is 10.7. The van der Waals surface area contributed by atoms with Gasteiger partial charge in [-0.25, -0.2) is 0 Å². The van der Waals surface area contributed by atoms with Gasteiger partial charge in [0.15, 0.2) is 0 Å². The molecule has 0 aliphatic carbocycles. The highest BCUT2D eigenvalue weighted by Crippen LogP contribution is 2.42. The molecule has 0 unspecified atom stereocenters. The van der Waals surface area contributed by atoms with E-state index in [1.54, 1.807) is 0 Å². The number of thiophene rings is 1. The summed E-state index contributed by atoms with van der Waals surface area (Å²) in [5, 5.41) is 2.53. The third-order valence-corrected chi connectivity index (χ3v) is 8.03. The SMILES string of the molecule is CC1(C)OB(c2ccc3c(c2)c2sc4ccccc4c2n3-c2ccccc2)OC1(C)C. The van der Waals surface area contributed by atoms with Crippen molar-refractivity contribution in [1.82, 2.24) is 4.57 Å². The van der Waals surface area contributed by atoms with Crippen molar-refractivity contribution in [2.45, 2.75) is 38.9 Å². The maximum atomic E-state index is 6.34. The first-order chi connectivity index (χ1) is 14.9. The molecule has 1 aliphatic rings. The lowest BCUT2D eigenvalue weighted by Gasteiger charge is -2.32. The van der Waals surface area contributed by atoms with Crippen LogP contribution in [0.25, 0.3) is 36.9 Å². The minimum atomic E-state index is -0.362. The van der Waals surface area contributed by atoms with Gasteiger partial charge in [0.05, 0.1) is 26.9 Å². The van der Waals surface area contributed by atoms with E-state index in [0.29, 0.717) is 0 Å². The van der Waals surface area contributed by atoms with E-state index in [2.05, 4.69) is 105 Å². The molecular formula is C26H24BNO2S. The number of aromatic nitrogens is 1. The zero-order valence-corrected chi connectivity index (χ0v) is 19.0. The molecule has 3 heterocycles. The highest BCUT2D eigenvalue weighted by atomic mass is 32.1. The number of rotatable bonds is 2. The topological polar surface area (TPSA) is 23.4 Å². The van der Waals surface area contributed by atoms with Crippen molar-refractivity contribution in [2.75, 3.05) is 0 Å². The Morgan fingerprint density at radius 3 is 2.19 bits per heavy atom. The normalized spacial score (nSPS) is 17.9. The summed E-state index contributed by atoms with van der Waals surface area (Å²) in [6.45, 7) is 8.40. The van der Waals surface area contributed by atoms with Crippen LogP contribution < -0.4 is 5.46 Å². The van der Waals surface area contributed by atoms with Crippen molar-refractivity contribution in [3.05, 3.63) is 72.8 Å². The van der Waals surface area contributed by atoms with Crippen LogP contribution in [0.1, 0.15) is 27.7 Å². The molecule has 6 rings (SSSR count). The highest BCUT2D eigenvalue weighted by Gasteiger charge is 2.51. The van der Waals surface area contributed by atoms with E-state index in [4.69, 9.17) is 9.31 Å². The Bertz CT molecular complexity index is 1430. The van der Waals surface area contributed by atoms with Gasteiger partial charge >= 0.3 is 7.12 Å². The van der Waals surface area contributed by atoms with Crippen LogP contribution in [0.5, 0.6) is 0 Å². The lowest BCUT2D eigenvalue weighted by molar-refractivity contribution is 0.00578. The maximum absolute atomic E-state index is 6.34. The van der Waals surface area contributed by atoms with E-state index in [1.165, 1.54) is 36.9 Å². The van der Waals surface area contributed by atoms with Crippen LogP contribution in [0.3, 0.4) is 0 Å². The predicted molar refractivity (Wildman–Crippen MR) is 132 cm³/mol. The van der Waals surface area contributed by atoms with Gasteiger partial charge in [0.1, 0.15) is 0 Å². The Hall–Kier alpha value is -2.60. The summed E-state index contributed by atoms with van der Waals surface area (Å²) in [6.07, 6.45) is 0. The molecule has 0 radical (unpaired) electrons. The molecular weight excluding hydrogens is 401 g/mol. The summed E-state index contributed by atoms with van der Waals surface area (Å²) < 4.78 is 17.7. The summed E-state index contributed by atoms with van der Waals surface area (Å²) in [7, 11) is -0.362. The second kappa shape index (κ2) is 6.46. The summed E-state index contributed by atoms with van der Waals surface area (Å²) in [6, 6.07) is 25.9. The van der Waals surface area contributed by atoms with Crippen LogP contribution >= 0.6 is 11.3 Å². The Labute approximate surface area is 186 Å². The zero-order valence-electron chi connectivity index (χ0n) is 18.2. The molecule has 0 spiro atoms. The molecule has 1 saturated heterocycles. The van der Waals surface area contributed by atoms with Crippen molar-refractivity contribution in [2.24, 2.45) is 0 Å². The molecule has 5 aromatic rings. The van der Waals surface area contributed by atoms with Gasteiger partial charge in [0.2, 0.25) is 0 Å². The molecule has 0 amide bonds. The second-order valence-corrected chi connectivity index (χ2v) is 10.4. The number of para-hydroxylation sites is 1. The molecule has 0 bridgehead atoms. The van der Waals surface area contributed by atoms with Gasteiger partial charge in [0.25, 0.3) is 0 Å². The van der Waals surface area contributed by atoms with Crippen LogP contribution in [0.15, 0.2) is 72.8 Å². The number of nitrogens with zero attached hydrogens (tertiary/aromatic N) is 1. The van der Waals surface area contributed by atoms with Gasteiger partial charge in [-0.15, -0.1) is 11.3 Å². The number of hydrogen-bond donors (Lipinski definition) is 0. The number of fused-ring (bicyclic) bond motifs is 5. The fraction of sp³-hybridized carbons (Fsp3) is 0.231. The van der Waals surface area contributed by atoms with E-state index >= 15 is 0 Å². The van der Waals surface area contributed by atoms with Crippen molar-refractivity contribution in [3.63, 3.8) is 0 Å². The summed E-state index contributed by atoms with van der Waals surface area (Å²) >= 11 is 1.86. The molecule has 1 aliphatic heterocycles. The van der Waals surface area contributed by atoms with E-state index in [9.17, 15) is 0 Å². The molecule has 154 valence electrons. The fourth-order valence-electron chi connectivity index (χ4n) is 4.46. The lowest BCUT2D eigenvalue weighted by atomic mass is 9.78. The third kappa shape index (κ3) is 2.74. The zero-order chi connectivity index (χ0) is 21.4. The average molecular weight is 425 g/mol. The Balaban J connectivity index is 1.63. The Morgan fingerprint density at radius 2 is 1.45 bits per heavy atom. The van der Waals surface area contributed by atoms with Gasteiger partial charge in [-0.2, -0.15) is 0 Å². The third-order valence-electron chi connectivity index (χ3n) is 6.84. The van der Waals surface area contributed by atoms with Crippen molar-refractivity contribution >= 4 is 55.1 Å². The van der Waals surface area contributed by atoms with E-state index in [1.807, 2.05) is 11.3 Å². The molecule has 3 nitrogen and oxygen atoms in total. The van der Waals surface area contributed by atoms with Gasteiger partial charge in [-0.3, -0.25) is 0 Å². The molecule has 1 fully saturated rings. The van der Waals surface area contributed by atoms with E-state index in [0.717, 1.165) is 5.46 Å². The first kappa shape index (κ1) is 19.1. The number of hydrogen-bond acceptors (Lipinski definition) is 3. The lowest BCUT2D eigenvalue weighted by Crippen LogP contribution is -2.41. The predicted octanol–water partition coefficient (Wildman–Crippen LogP) is 6.30. The minimum Gasteiger partial charge on any atom is -0.399 e. The van der Waals surface area contributed by atoms with Gasteiger partial charge in [-0.05, 0) is 57.4 Å². The molecule has 5 heteroatoms. The molecule has 0 N–H and O–H groups in total. The minimum absolute atomic E-state index is 0.352. The number of benzene rings is 3. The van der Waals surface area contributed by atoms with E-state index < -0.39 is 0 Å². The van der Waals surface area contributed by atoms with Crippen molar-refractivity contribution in [3.8, 4) is 5.69 Å². The summed E-state index contributed by atoms with van der Waals surface area (Å²) in [5.41, 5.74) is 4.02. The molecule has 3 aromatic carbocycles. The molecule has 0 atom stereocenters. The summed E-state index contributed by atoms with van der Waals surface area (Å²) in [5.74, 6) is 0. The maximum Gasteiger partial charge on any atom is 0.494 e. The average Bonchev–Trinajstić information content (AvgIpc) is 3.34. The van der Waals surface area contributed by atoms with Gasteiger partial charge < -0.3 is 13.9 Å². The largest absolute Gasteiger partial charge is 0.494 e. The molecule has 31 heavy (non-hydrogen) atoms. The van der Waals surface area contributed by atoms with E-state index in [-0.39, 0.29) is 18.3 Å². The van der Waals surface area contributed by atoms with Crippen molar-refractivity contribution in [1.29, 1.82) is 0 Å². The Kier molecular flexibility index (Phi) is 3.98. The monoisotopic (exact) mass is 425 g/mol. The Morgan fingerprint density at radius 1 is 0.774 bits per heavy atom. The smallest absolute Gasteiger partial charge is 0.399 e. The van der Waals surface area contributed by atoms with Gasteiger partial charge in [-0.1, -0.05) is 48.5 Å². The summed E-state index contributed by atoms with van der Waals surface area (Å²) in [4.78, 5) is 0. The molecule has 2 aromatic heterocycles. The van der Waals surface area contributed by atoms with Crippen LogP contribution in [0.4, 0.5) is 0 Å². The quantitative estimate of drug-likeness (QED) is 0.310. The van der Waals surface area contributed by atoms with Gasteiger partial charge in [0, 0.05) is 21.2 Å². The standard InChI is InChI=1S/C26H24BNO2S/c1-25(2)26(3,4)30-27(29-25)17-14-15-21-20(16-17)24-23(19-12-8-9-13-22(19)31-24)28(21)18-10-6-5-7-11-18/h5-16H,1-4H3. The molecule has 0 saturated carbocycles. The van der Waals surface area contributed by atoms with Crippen LogP contribution in [-0.4, -0.2) is 22.9 Å². The van der Waals surface area contributed by atoms with Crippen LogP contribution in [-0.2, 0) is 9.31 Å². The first-order valence-corrected chi connectivity index (χ1v) is 11.5. The second-order valence-electron chi connectivity index (χ2n) is 9.31.